The summed E-state index contributed by atoms with van der Waals surface area (Å²) in [6.45, 7) is -0.503. The third-order valence-electron chi connectivity index (χ3n) is 5.11. The minimum absolute atomic E-state index is 0.130. The van der Waals surface area contributed by atoms with E-state index in [4.69, 9.17) is 9.84 Å². The summed E-state index contributed by atoms with van der Waals surface area (Å²) in [5.41, 5.74) is 2.49. The van der Waals surface area contributed by atoms with Crippen molar-refractivity contribution in [3.63, 3.8) is 0 Å². The van der Waals surface area contributed by atoms with Gasteiger partial charge < -0.3 is 35.3 Å². The van der Waals surface area contributed by atoms with E-state index in [1.54, 1.807) is 30.3 Å². The summed E-state index contributed by atoms with van der Waals surface area (Å²) in [5.74, 6) is -0.546. The van der Waals surface area contributed by atoms with Crippen molar-refractivity contribution in [1.29, 1.82) is 0 Å². The van der Waals surface area contributed by atoms with E-state index in [9.17, 15) is 25.2 Å². The van der Waals surface area contributed by atoms with Gasteiger partial charge in [-0.05, 0) is 29.8 Å². The second-order valence-corrected chi connectivity index (χ2v) is 7.00. The number of nitrogens with zero attached hydrogens (tertiary/aromatic N) is 1. The summed E-state index contributed by atoms with van der Waals surface area (Å²) < 4.78 is 5.60. The highest BCUT2D eigenvalue weighted by Gasteiger charge is 2.43. The number of nitrogens with one attached hydrogen (secondary N) is 1. The van der Waals surface area contributed by atoms with Crippen LogP contribution in [0.25, 0.3) is 22.4 Å². The van der Waals surface area contributed by atoms with Gasteiger partial charge in [0.05, 0.1) is 23.2 Å². The van der Waals surface area contributed by atoms with E-state index in [1.807, 2.05) is 0 Å². The van der Waals surface area contributed by atoms with Crippen molar-refractivity contribution in [3.05, 3.63) is 53.6 Å². The van der Waals surface area contributed by atoms with Gasteiger partial charge in [-0.25, -0.2) is 9.78 Å². The molecule has 1 aliphatic heterocycles. The van der Waals surface area contributed by atoms with Crippen molar-refractivity contribution in [3.8, 4) is 11.4 Å². The van der Waals surface area contributed by atoms with E-state index in [2.05, 4.69) is 9.97 Å². The summed E-state index contributed by atoms with van der Waals surface area (Å²) in [7, 11) is 0. The Labute approximate surface area is 164 Å². The van der Waals surface area contributed by atoms with Crippen LogP contribution in [0.1, 0.15) is 22.0 Å². The van der Waals surface area contributed by atoms with Crippen LogP contribution in [-0.2, 0) is 4.74 Å². The van der Waals surface area contributed by atoms with Gasteiger partial charge in [-0.15, -0.1) is 0 Å². The zero-order valence-electron chi connectivity index (χ0n) is 15.1. The molecule has 152 valence electrons. The minimum Gasteiger partial charge on any atom is -0.478 e. The topological polar surface area (TPSA) is 156 Å². The Morgan fingerprint density at radius 1 is 1.07 bits per heavy atom. The van der Waals surface area contributed by atoms with Gasteiger partial charge >= 0.3 is 5.97 Å². The van der Waals surface area contributed by atoms with Crippen LogP contribution in [0.15, 0.2) is 42.5 Å². The minimum atomic E-state index is -1.46. The molecule has 3 aromatic rings. The largest absolute Gasteiger partial charge is 0.478 e. The van der Waals surface area contributed by atoms with Crippen LogP contribution in [-0.4, -0.2) is 72.5 Å². The van der Waals surface area contributed by atoms with E-state index in [0.29, 0.717) is 28.0 Å². The smallest absolute Gasteiger partial charge is 0.335 e. The molecule has 2 heterocycles. The molecule has 9 heteroatoms. The molecule has 0 radical (unpaired) electrons. The van der Waals surface area contributed by atoms with Gasteiger partial charge in [0.1, 0.15) is 36.3 Å². The van der Waals surface area contributed by atoms with E-state index in [1.165, 1.54) is 12.1 Å². The van der Waals surface area contributed by atoms with Crippen molar-refractivity contribution >= 4 is 17.0 Å². The fraction of sp³-hybridized carbons (Fsp3) is 0.300. The number of aromatic amines is 1. The average molecular weight is 400 g/mol. The number of aromatic nitrogens is 2. The lowest BCUT2D eigenvalue weighted by atomic mass is 9.90. The van der Waals surface area contributed by atoms with Crippen LogP contribution >= 0.6 is 0 Å². The number of carbonyl (C=O) groups is 1. The molecule has 6 N–H and O–H groups in total. The van der Waals surface area contributed by atoms with Gasteiger partial charge in [0.2, 0.25) is 0 Å². The number of ether oxygens (including phenoxy) is 1. The number of fused-ring (bicyclic) bond motifs is 1. The van der Waals surface area contributed by atoms with Crippen LogP contribution in [0.5, 0.6) is 0 Å². The number of hydrogen-bond donors (Lipinski definition) is 6. The summed E-state index contributed by atoms with van der Waals surface area (Å²) in [4.78, 5) is 18.7. The van der Waals surface area contributed by atoms with E-state index in [-0.39, 0.29) is 5.56 Å². The predicted octanol–water partition coefficient (Wildman–Crippen LogP) is 0.443. The maximum absolute atomic E-state index is 11.1. The van der Waals surface area contributed by atoms with Crippen molar-refractivity contribution in [2.45, 2.75) is 30.5 Å². The molecule has 1 fully saturated rings. The maximum atomic E-state index is 11.1. The molecule has 0 unspecified atom stereocenters. The Morgan fingerprint density at radius 2 is 1.86 bits per heavy atom. The normalized spacial score (nSPS) is 27.2. The van der Waals surface area contributed by atoms with E-state index >= 15 is 0 Å². The Bertz CT molecular complexity index is 1050. The number of imidazole rings is 1. The highest BCUT2D eigenvalue weighted by Crippen LogP contribution is 2.34. The number of aliphatic hydroxyl groups is 4. The summed E-state index contributed by atoms with van der Waals surface area (Å²) in [6, 6.07) is 11.5. The van der Waals surface area contributed by atoms with Gasteiger partial charge in [-0.3, -0.25) is 0 Å². The van der Waals surface area contributed by atoms with Crippen LogP contribution in [0, 0.1) is 0 Å². The fourth-order valence-electron chi connectivity index (χ4n) is 3.52. The van der Waals surface area contributed by atoms with Crippen molar-refractivity contribution in [1.82, 2.24) is 9.97 Å². The molecular formula is C20H20N2O7. The standard InChI is InChI=1S/C20H20N2O7/c23-8-14-15(24)16(25)17(26)18(29-14)9-2-1-3-10(6-9)19-21-12-5-4-11(20(27)28)7-13(12)22-19/h1-7,14-18,23-26H,8H2,(H,21,22)(H,27,28)/t14-,15-,16+,17+,18-/m1/s1. The van der Waals surface area contributed by atoms with E-state index in [0.717, 1.165) is 0 Å². The van der Waals surface area contributed by atoms with Crippen molar-refractivity contribution in [2.75, 3.05) is 6.61 Å². The van der Waals surface area contributed by atoms with Gasteiger partial charge in [-0.1, -0.05) is 18.2 Å². The quantitative estimate of drug-likeness (QED) is 0.368. The molecule has 29 heavy (non-hydrogen) atoms. The van der Waals surface area contributed by atoms with Crippen molar-refractivity contribution in [2.24, 2.45) is 0 Å². The fourth-order valence-corrected chi connectivity index (χ4v) is 3.52. The summed E-state index contributed by atoms with van der Waals surface area (Å²) in [5, 5.41) is 48.8. The van der Waals surface area contributed by atoms with Crippen LogP contribution in [0.2, 0.25) is 0 Å². The number of hydrogen-bond acceptors (Lipinski definition) is 7. The number of benzene rings is 2. The first-order valence-corrected chi connectivity index (χ1v) is 9.03. The Hall–Kier alpha value is -2.82. The van der Waals surface area contributed by atoms with E-state index < -0.39 is 43.1 Å². The second kappa shape index (κ2) is 7.54. The Balaban J connectivity index is 1.68. The molecule has 0 saturated carbocycles. The maximum Gasteiger partial charge on any atom is 0.335 e. The monoisotopic (exact) mass is 400 g/mol. The summed E-state index contributed by atoms with van der Waals surface area (Å²) in [6.07, 6.45) is -6.21. The third kappa shape index (κ3) is 3.50. The lowest BCUT2D eigenvalue weighted by Gasteiger charge is -2.40. The number of aliphatic hydroxyl groups excluding tert-OH is 4. The lowest BCUT2D eigenvalue weighted by molar-refractivity contribution is -0.231. The van der Waals surface area contributed by atoms with Crippen molar-refractivity contribution < 1.29 is 35.1 Å². The van der Waals surface area contributed by atoms with Crippen LogP contribution in [0.3, 0.4) is 0 Å². The van der Waals surface area contributed by atoms with Gasteiger partial charge in [-0.2, -0.15) is 0 Å². The molecule has 9 nitrogen and oxygen atoms in total. The highest BCUT2D eigenvalue weighted by atomic mass is 16.5. The number of aromatic carboxylic acids is 1. The van der Waals surface area contributed by atoms with Gasteiger partial charge in [0.25, 0.3) is 0 Å². The third-order valence-corrected chi connectivity index (χ3v) is 5.11. The van der Waals surface area contributed by atoms with Crippen LogP contribution in [0.4, 0.5) is 0 Å². The molecule has 2 aromatic carbocycles. The molecule has 5 atom stereocenters. The number of carboxylic acids is 1. The average Bonchev–Trinajstić information content (AvgIpc) is 3.16. The molecule has 0 spiro atoms. The molecule has 1 aliphatic rings. The molecule has 0 amide bonds. The first-order valence-electron chi connectivity index (χ1n) is 9.03. The number of carboxylic acid groups (broad SMARTS) is 1. The highest BCUT2D eigenvalue weighted by molar-refractivity contribution is 5.93. The second-order valence-electron chi connectivity index (χ2n) is 7.00. The van der Waals surface area contributed by atoms with Crippen LogP contribution < -0.4 is 0 Å². The van der Waals surface area contributed by atoms with Gasteiger partial charge in [0, 0.05) is 5.56 Å². The Morgan fingerprint density at radius 3 is 2.59 bits per heavy atom. The Kier molecular flexibility index (Phi) is 5.07. The number of rotatable bonds is 4. The molecule has 0 bridgehead atoms. The zero-order chi connectivity index (χ0) is 20.7. The predicted molar refractivity (Wildman–Crippen MR) is 101 cm³/mol. The zero-order valence-corrected chi connectivity index (χ0v) is 15.1. The molecule has 4 rings (SSSR count). The molecular weight excluding hydrogens is 380 g/mol. The SMILES string of the molecule is O=C(O)c1ccc2[nH]c(-c3cccc([C@H]4O[C@H](CO)[C@@H](O)[C@H](O)[C@@H]4O)c3)nc2c1. The first kappa shape index (κ1) is 19.5. The number of H-pyrrole nitrogens is 1. The first-order chi connectivity index (χ1) is 13.9. The molecule has 1 saturated heterocycles. The summed E-state index contributed by atoms with van der Waals surface area (Å²) >= 11 is 0. The molecule has 0 aliphatic carbocycles. The van der Waals surface area contributed by atoms with Gasteiger partial charge in [0.15, 0.2) is 0 Å². The molecule has 1 aromatic heterocycles. The lowest BCUT2D eigenvalue weighted by Crippen LogP contribution is -2.55.